The molecule has 0 aromatic carbocycles. The molecule has 0 spiro atoms. The van der Waals surface area contributed by atoms with Crippen molar-refractivity contribution in [2.75, 3.05) is 0 Å². The number of carbonyl (C=O) groups is 1. The predicted octanol–water partition coefficient (Wildman–Crippen LogP) is -0.653. The van der Waals surface area contributed by atoms with Crippen LogP contribution < -0.4 is 5.11 Å². The number of hydrogen-bond donors (Lipinski definition) is 0. The number of carboxylic acids is 1. The average Bonchev–Trinajstić information content (AvgIpc) is 1.80. The molecule has 0 fully saturated rings. The summed E-state index contributed by atoms with van der Waals surface area (Å²) in [4.78, 5) is 8.78. The van der Waals surface area contributed by atoms with Crippen molar-refractivity contribution in [2.45, 2.75) is 11.7 Å². The summed E-state index contributed by atoms with van der Waals surface area (Å²) in [6.07, 6.45) is -5.19. The Morgan fingerprint density at radius 3 is 1.12 bits per heavy atom. The van der Waals surface area contributed by atoms with Gasteiger partial charge in [-0.1, -0.05) is 0 Å². The van der Waals surface area contributed by atoms with Crippen molar-refractivity contribution >= 4 is 16.1 Å². The van der Waals surface area contributed by atoms with Gasteiger partial charge in [0.1, 0.15) is 5.97 Å². The van der Waals surface area contributed by atoms with E-state index in [0.717, 1.165) is 0 Å². The Kier molecular flexibility index (Phi) is 8.64. The van der Waals surface area contributed by atoms with Crippen LogP contribution >= 0.6 is 0 Å². The van der Waals surface area contributed by atoms with Gasteiger partial charge in [0.15, 0.2) is 10.1 Å². The molecule has 93 valence electrons. The van der Waals surface area contributed by atoms with Gasteiger partial charge in [-0.25, -0.2) is 8.42 Å². The van der Waals surface area contributed by atoms with Crippen LogP contribution in [-0.2, 0) is 40.8 Å². The molecule has 0 atom stereocenters. The molecule has 0 aromatic rings. The predicted molar refractivity (Wildman–Crippen MR) is 26.8 cm³/mol. The molecule has 0 bridgehead atoms. The van der Waals surface area contributed by atoms with E-state index in [1.165, 1.54) is 0 Å². The molecule has 16 heavy (non-hydrogen) atoms. The van der Waals surface area contributed by atoms with E-state index in [-0.39, 0.29) is 25.8 Å². The second-order valence-electron chi connectivity index (χ2n) is 1.69. The first-order chi connectivity index (χ1) is 6.19. The fraction of sp³-hybridized carbons (Fsp3) is 0.667. The Labute approximate surface area is 103 Å². The molecule has 0 aliphatic rings. The monoisotopic (exact) mass is 307 g/mol. The smallest absolute Gasteiger partial charge is 0.741 e. The van der Waals surface area contributed by atoms with Gasteiger partial charge in [-0.15, -0.1) is 0 Å². The van der Waals surface area contributed by atoms with E-state index in [9.17, 15) is 26.3 Å². The quantitative estimate of drug-likeness (QED) is 0.336. The first-order valence-electron chi connectivity index (χ1n) is 2.50. The summed E-state index contributed by atoms with van der Waals surface area (Å²) >= 11 is 0. The van der Waals surface area contributed by atoms with Crippen LogP contribution in [-0.4, -0.2) is 30.6 Å². The van der Waals surface area contributed by atoms with Gasteiger partial charge < -0.3 is 14.5 Å². The number of rotatable bonds is 0. The van der Waals surface area contributed by atoms with Gasteiger partial charge >= 0.3 is 37.5 Å². The molecule has 0 heterocycles. The molecule has 0 saturated carbocycles. The molecule has 0 aliphatic carbocycles. The van der Waals surface area contributed by atoms with Crippen LogP contribution in [0.5, 0.6) is 0 Å². The topological polar surface area (TPSA) is 97.3 Å². The SMILES string of the molecule is O=C([O-])C(F)(F)F.O=S(=O)([O-])C(F)(F)F.[Sc+2]. The zero-order chi connectivity index (χ0) is 13.1. The van der Waals surface area contributed by atoms with Crippen molar-refractivity contribution in [3.63, 3.8) is 0 Å². The molecule has 5 nitrogen and oxygen atoms in total. The largest absolute Gasteiger partial charge is 2.00 e. The van der Waals surface area contributed by atoms with Crippen LogP contribution in [0, 0.1) is 0 Å². The van der Waals surface area contributed by atoms with Crippen LogP contribution in [0.2, 0.25) is 0 Å². The molecule has 1 radical (unpaired) electrons. The molecule has 0 saturated heterocycles. The van der Waals surface area contributed by atoms with Crippen LogP contribution in [0.15, 0.2) is 0 Å². The third-order valence-electron chi connectivity index (χ3n) is 0.515. The van der Waals surface area contributed by atoms with E-state index in [1.54, 1.807) is 0 Å². The maximum atomic E-state index is 10.7. The summed E-state index contributed by atoms with van der Waals surface area (Å²) in [6.45, 7) is 0. The zero-order valence-electron chi connectivity index (χ0n) is 6.79. The summed E-state index contributed by atoms with van der Waals surface area (Å²) < 4.78 is 90.5. The van der Waals surface area contributed by atoms with E-state index in [1.807, 2.05) is 0 Å². The summed E-state index contributed by atoms with van der Waals surface area (Å²) in [7, 11) is -6.09. The Hall–Kier alpha value is -0.170. The first-order valence-corrected chi connectivity index (χ1v) is 3.90. The van der Waals surface area contributed by atoms with Crippen LogP contribution in [0.4, 0.5) is 26.3 Å². The van der Waals surface area contributed by atoms with E-state index < -0.39 is 27.8 Å². The van der Waals surface area contributed by atoms with Gasteiger partial charge in [0.2, 0.25) is 0 Å². The maximum absolute atomic E-state index is 10.7. The van der Waals surface area contributed by atoms with Gasteiger partial charge in [-0.05, 0) is 0 Å². The molecule has 0 rings (SSSR count). The third-order valence-corrected chi connectivity index (χ3v) is 1.08. The van der Waals surface area contributed by atoms with Crippen LogP contribution in [0.25, 0.3) is 0 Å². The normalized spacial score (nSPS) is 11.9. The number of alkyl halides is 6. The number of aliphatic carboxylic acids is 1. The van der Waals surface area contributed by atoms with Crippen LogP contribution in [0.1, 0.15) is 0 Å². The molecule has 0 aromatic heterocycles. The molecule has 13 heteroatoms. The number of carboxylic acid groups (broad SMARTS) is 1. The minimum Gasteiger partial charge on any atom is -0.741 e. The van der Waals surface area contributed by atoms with Crippen molar-refractivity contribution < 1.29 is 75.1 Å². The van der Waals surface area contributed by atoms with E-state index in [2.05, 4.69) is 0 Å². The molecule has 0 amide bonds. The summed E-state index contributed by atoms with van der Waals surface area (Å²) in [5, 5.41) is 8.78. The Morgan fingerprint density at radius 1 is 1.00 bits per heavy atom. The summed E-state index contributed by atoms with van der Waals surface area (Å²) in [5.41, 5.74) is -5.65. The zero-order valence-corrected chi connectivity index (χ0v) is 9.41. The fourth-order valence-corrected chi connectivity index (χ4v) is 0. The van der Waals surface area contributed by atoms with E-state index >= 15 is 0 Å². The van der Waals surface area contributed by atoms with E-state index in [4.69, 9.17) is 22.9 Å². The second-order valence-corrected chi connectivity index (χ2v) is 3.06. The van der Waals surface area contributed by atoms with Crippen molar-refractivity contribution in [1.82, 2.24) is 0 Å². The van der Waals surface area contributed by atoms with Gasteiger partial charge in [-0.3, -0.25) is 0 Å². The van der Waals surface area contributed by atoms with Crippen molar-refractivity contribution in [2.24, 2.45) is 0 Å². The van der Waals surface area contributed by atoms with Crippen LogP contribution in [0.3, 0.4) is 0 Å². The Morgan fingerprint density at radius 2 is 1.12 bits per heavy atom. The van der Waals surface area contributed by atoms with Crippen molar-refractivity contribution in [3.05, 3.63) is 0 Å². The summed E-state index contributed by atoms with van der Waals surface area (Å²) in [5.74, 6) is -3.01. The Bertz CT molecular complexity index is 316. The molecule has 0 aliphatic heterocycles. The molecular formula is C3F6O5SSc. The standard InChI is InChI=1S/C2HF3O2.CHF3O3S.Sc/c3-2(4,5)1(6)7;2-1(3,4)8(5,6)7;/h(H,6,7);(H,5,6,7);/q;;+2/p-2. The number of carbonyl (C=O) groups excluding carboxylic acids is 1. The number of hydrogen-bond acceptors (Lipinski definition) is 5. The van der Waals surface area contributed by atoms with Gasteiger partial charge in [0.05, 0.1) is 0 Å². The minimum atomic E-state index is -6.09. The van der Waals surface area contributed by atoms with Gasteiger partial charge in [0, 0.05) is 0 Å². The first kappa shape index (κ1) is 21.2. The third kappa shape index (κ3) is 10.4. The van der Waals surface area contributed by atoms with Gasteiger partial charge in [-0.2, -0.15) is 26.3 Å². The maximum Gasteiger partial charge on any atom is 2.00 e. The fourth-order valence-electron chi connectivity index (χ4n) is 0. The van der Waals surface area contributed by atoms with Crippen molar-refractivity contribution in [3.8, 4) is 0 Å². The summed E-state index contributed by atoms with van der Waals surface area (Å²) in [6, 6.07) is 0. The van der Waals surface area contributed by atoms with E-state index in [0.29, 0.717) is 0 Å². The second kappa shape index (κ2) is 6.54. The molecule has 0 N–H and O–H groups in total. The number of halogens is 6. The van der Waals surface area contributed by atoms with Crippen molar-refractivity contribution in [1.29, 1.82) is 0 Å². The molecular weight excluding hydrogens is 307 g/mol. The molecule has 0 unspecified atom stereocenters. The average molecular weight is 307 g/mol. The Balaban J connectivity index is -0.000000200. The van der Waals surface area contributed by atoms with Gasteiger partial charge in [0.25, 0.3) is 0 Å². The minimum absolute atomic E-state index is 0.